The number of rotatable bonds is 4. The summed E-state index contributed by atoms with van der Waals surface area (Å²) in [6, 6.07) is 8.14. The molecule has 0 radical (unpaired) electrons. The van der Waals surface area contributed by atoms with Gasteiger partial charge in [-0.15, -0.1) is 0 Å². The molecule has 0 saturated heterocycles. The molecule has 0 aromatic heterocycles. The van der Waals surface area contributed by atoms with Crippen LogP contribution < -0.4 is 5.73 Å². The SMILES string of the molecule is CN(Cc1ccccc1O)C1CCCCC1CN. The molecule has 2 atom stereocenters. The fourth-order valence-electron chi connectivity index (χ4n) is 3.07. The lowest BCUT2D eigenvalue weighted by Gasteiger charge is -2.37. The number of nitrogens with two attached hydrogens (primary N) is 1. The number of hydrogen-bond donors (Lipinski definition) is 2. The van der Waals surface area contributed by atoms with E-state index in [0.717, 1.165) is 18.7 Å². The summed E-state index contributed by atoms with van der Waals surface area (Å²) in [6.07, 6.45) is 5.08. The van der Waals surface area contributed by atoms with E-state index in [0.29, 0.717) is 17.7 Å². The van der Waals surface area contributed by atoms with E-state index >= 15 is 0 Å². The molecular formula is C15H24N2O. The second kappa shape index (κ2) is 6.21. The third kappa shape index (κ3) is 3.03. The Morgan fingerprint density at radius 3 is 2.72 bits per heavy atom. The zero-order chi connectivity index (χ0) is 13.0. The second-order valence-electron chi connectivity index (χ2n) is 5.39. The first-order chi connectivity index (χ1) is 8.72. The van der Waals surface area contributed by atoms with Gasteiger partial charge in [0.15, 0.2) is 0 Å². The Kier molecular flexibility index (Phi) is 4.61. The van der Waals surface area contributed by atoms with E-state index in [1.165, 1.54) is 25.7 Å². The molecule has 1 aliphatic carbocycles. The molecule has 0 heterocycles. The first-order valence-electron chi connectivity index (χ1n) is 6.89. The van der Waals surface area contributed by atoms with Crippen molar-refractivity contribution in [3.05, 3.63) is 29.8 Å². The van der Waals surface area contributed by atoms with Crippen molar-refractivity contribution >= 4 is 0 Å². The van der Waals surface area contributed by atoms with Gasteiger partial charge in [0, 0.05) is 18.2 Å². The molecule has 2 rings (SSSR count). The minimum atomic E-state index is 0.393. The minimum Gasteiger partial charge on any atom is -0.508 e. The highest BCUT2D eigenvalue weighted by atomic mass is 16.3. The van der Waals surface area contributed by atoms with Gasteiger partial charge in [0.2, 0.25) is 0 Å². The molecule has 100 valence electrons. The molecule has 3 N–H and O–H groups in total. The van der Waals surface area contributed by atoms with Crippen molar-refractivity contribution in [3.8, 4) is 5.75 Å². The molecule has 1 aliphatic rings. The van der Waals surface area contributed by atoms with Crippen LogP contribution in [0.4, 0.5) is 0 Å². The predicted octanol–water partition coefficient (Wildman–Crippen LogP) is 2.34. The van der Waals surface area contributed by atoms with Gasteiger partial charge >= 0.3 is 0 Å². The van der Waals surface area contributed by atoms with Crippen LogP contribution in [0.25, 0.3) is 0 Å². The number of aromatic hydroxyl groups is 1. The molecule has 1 saturated carbocycles. The summed E-state index contributed by atoms with van der Waals surface area (Å²) < 4.78 is 0. The van der Waals surface area contributed by atoms with Gasteiger partial charge in [0.25, 0.3) is 0 Å². The summed E-state index contributed by atoms with van der Waals surface area (Å²) in [6.45, 7) is 1.57. The van der Waals surface area contributed by atoms with Crippen molar-refractivity contribution < 1.29 is 5.11 Å². The monoisotopic (exact) mass is 248 g/mol. The molecule has 3 nitrogen and oxygen atoms in total. The second-order valence-corrected chi connectivity index (χ2v) is 5.39. The van der Waals surface area contributed by atoms with Crippen LogP contribution in [-0.4, -0.2) is 29.6 Å². The summed E-state index contributed by atoms with van der Waals surface area (Å²) in [7, 11) is 2.14. The summed E-state index contributed by atoms with van der Waals surface area (Å²) in [5.41, 5.74) is 6.88. The van der Waals surface area contributed by atoms with Crippen molar-refractivity contribution in [1.29, 1.82) is 0 Å². The molecular weight excluding hydrogens is 224 g/mol. The first kappa shape index (κ1) is 13.4. The Balaban J connectivity index is 2.02. The Morgan fingerprint density at radius 1 is 1.28 bits per heavy atom. The van der Waals surface area contributed by atoms with E-state index in [1.807, 2.05) is 18.2 Å². The van der Waals surface area contributed by atoms with E-state index in [2.05, 4.69) is 11.9 Å². The van der Waals surface area contributed by atoms with Gasteiger partial charge in [-0.1, -0.05) is 31.0 Å². The number of hydrogen-bond acceptors (Lipinski definition) is 3. The maximum absolute atomic E-state index is 9.83. The molecule has 2 unspecified atom stereocenters. The van der Waals surface area contributed by atoms with Crippen LogP contribution in [-0.2, 0) is 6.54 Å². The summed E-state index contributed by atoms with van der Waals surface area (Å²) >= 11 is 0. The molecule has 0 aliphatic heterocycles. The van der Waals surface area contributed by atoms with E-state index in [1.54, 1.807) is 6.07 Å². The largest absolute Gasteiger partial charge is 0.508 e. The van der Waals surface area contributed by atoms with Crippen molar-refractivity contribution in [2.75, 3.05) is 13.6 Å². The number of benzene rings is 1. The van der Waals surface area contributed by atoms with Crippen LogP contribution in [0.3, 0.4) is 0 Å². The zero-order valence-electron chi connectivity index (χ0n) is 11.2. The van der Waals surface area contributed by atoms with E-state index in [9.17, 15) is 5.11 Å². The zero-order valence-corrected chi connectivity index (χ0v) is 11.2. The lowest BCUT2D eigenvalue weighted by Crippen LogP contribution is -2.42. The van der Waals surface area contributed by atoms with Gasteiger partial charge in [-0.2, -0.15) is 0 Å². The Labute approximate surface area is 110 Å². The quantitative estimate of drug-likeness (QED) is 0.860. The number of phenolic OH excluding ortho intramolecular Hbond substituents is 1. The van der Waals surface area contributed by atoms with E-state index in [4.69, 9.17) is 5.73 Å². The normalized spacial score (nSPS) is 24.4. The summed E-state index contributed by atoms with van der Waals surface area (Å²) in [5, 5.41) is 9.83. The van der Waals surface area contributed by atoms with Gasteiger partial charge in [0.1, 0.15) is 5.75 Å². The maximum Gasteiger partial charge on any atom is 0.120 e. The average molecular weight is 248 g/mol. The maximum atomic E-state index is 9.83. The van der Waals surface area contributed by atoms with Gasteiger partial charge in [-0.3, -0.25) is 4.90 Å². The molecule has 0 spiro atoms. The highest BCUT2D eigenvalue weighted by Crippen LogP contribution is 2.29. The smallest absolute Gasteiger partial charge is 0.120 e. The third-order valence-corrected chi connectivity index (χ3v) is 4.15. The molecule has 0 bridgehead atoms. The van der Waals surface area contributed by atoms with Crippen molar-refractivity contribution in [2.45, 2.75) is 38.3 Å². The lowest BCUT2D eigenvalue weighted by atomic mass is 9.83. The number of phenols is 1. The molecule has 1 aromatic carbocycles. The van der Waals surface area contributed by atoms with Crippen LogP contribution in [0.2, 0.25) is 0 Å². The standard InChI is InChI=1S/C15H24N2O/c1-17(11-13-7-3-5-9-15(13)18)14-8-4-2-6-12(14)10-16/h3,5,7,9,12,14,18H,2,4,6,8,10-11,16H2,1H3. The third-order valence-electron chi connectivity index (χ3n) is 4.15. The van der Waals surface area contributed by atoms with Gasteiger partial charge < -0.3 is 10.8 Å². The van der Waals surface area contributed by atoms with Crippen molar-refractivity contribution in [1.82, 2.24) is 4.90 Å². The predicted molar refractivity (Wildman–Crippen MR) is 74.4 cm³/mol. The Hall–Kier alpha value is -1.06. The number of para-hydroxylation sites is 1. The Bertz CT molecular complexity index is 381. The van der Waals surface area contributed by atoms with Crippen molar-refractivity contribution in [3.63, 3.8) is 0 Å². The van der Waals surface area contributed by atoms with Gasteiger partial charge in [0.05, 0.1) is 0 Å². The van der Waals surface area contributed by atoms with Crippen LogP contribution in [0.1, 0.15) is 31.2 Å². The lowest BCUT2D eigenvalue weighted by molar-refractivity contribution is 0.126. The molecule has 1 fully saturated rings. The Morgan fingerprint density at radius 2 is 2.00 bits per heavy atom. The highest BCUT2D eigenvalue weighted by molar-refractivity contribution is 5.31. The minimum absolute atomic E-state index is 0.393. The fraction of sp³-hybridized carbons (Fsp3) is 0.600. The summed E-state index contributed by atoms with van der Waals surface area (Å²) in [4.78, 5) is 2.35. The van der Waals surface area contributed by atoms with Gasteiger partial charge in [-0.25, -0.2) is 0 Å². The summed E-state index contributed by atoms with van der Waals surface area (Å²) in [5.74, 6) is 0.999. The fourth-order valence-corrected chi connectivity index (χ4v) is 3.07. The first-order valence-corrected chi connectivity index (χ1v) is 6.89. The molecule has 0 amide bonds. The molecule has 1 aromatic rings. The van der Waals surface area contributed by atoms with Crippen LogP contribution in [0.5, 0.6) is 5.75 Å². The van der Waals surface area contributed by atoms with Crippen molar-refractivity contribution in [2.24, 2.45) is 11.7 Å². The molecule has 18 heavy (non-hydrogen) atoms. The number of nitrogens with zero attached hydrogens (tertiary/aromatic N) is 1. The van der Waals surface area contributed by atoms with E-state index < -0.39 is 0 Å². The average Bonchev–Trinajstić information content (AvgIpc) is 2.41. The van der Waals surface area contributed by atoms with Crippen LogP contribution in [0, 0.1) is 5.92 Å². The van der Waals surface area contributed by atoms with Gasteiger partial charge in [-0.05, 0) is 38.4 Å². The highest BCUT2D eigenvalue weighted by Gasteiger charge is 2.27. The van der Waals surface area contributed by atoms with E-state index in [-0.39, 0.29) is 0 Å². The van der Waals surface area contributed by atoms with Crippen LogP contribution in [0.15, 0.2) is 24.3 Å². The molecule has 3 heteroatoms. The van der Waals surface area contributed by atoms with Crippen LogP contribution >= 0.6 is 0 Å². The topological polar surface area (TPSA) is 49.5 Å².